The topological polar surface area (TPSA) is 46.5 Å². The normalized spacial score (nSPS) is 9.91. The molecule has 0 heterocycles. The lowest BCUT2D eigenvalue weighted by molar-refractivity contribution is -0.109. The number of rotatable bonds is 3. The second-order valence-corrected chi connectivity index (χ2v) is 2.92. The predicted molar refractivity (Wildman–Crippen MR) is 44.5 cm³/mol. The number of carbonyl (C=O) groups is 1. The zero-order chi connectivity index (χ0) is 9.33. The molecule has 0 spiro atoms. The van der Waals surface area contributed by atoms with Gasteiger partial charge < -0.3 is 14.6 Å². The minimum Gasteiger partial charge on any atom is -0.400 e. The largest absolute Gasteiger partial charge is 0.400 e. The standard InChI is InChI=1S/C7H14O2.CH4O/c1-7(2,3)9-6-4-5-8;1-2/h5H,4,6H2,1-3H3;2H,1H3. The van der Waals surface area contributed by atoms with Gasteiger partial charge in [-0.05, 0) is 20.8 Å². The monoisotopic (exact) mass is 162 g/mol. The van der Waals surface area contributed by atoms with Crippen LogP contribution >= 0.6 is 0 Å². The molecule has 0 radical (unpaired) electrons. The van der Waals surface area contributed by atoms with Crippen LogP contribution in [0.5, 0.6) is 0 Å². The molecule has 0 atom stereocenters. The predicted octanol–water partition coefficient (Wildman–Crippen LogP) is 0.999. The maximum absolute atomic E-state index is 9.81. The maximum atomic E-state index is 9.81. The van der Waals surface area contributed by atoms with Crippen LogP contribution in [-0.4, -0.2) is 30.7 Å². The molecular formula is C8H18O3. The van der Waals surface area contributed by atoms with Crippen LogP contribution in [0.25, 0.3) is 0 Å². The summed E-state index contributed by atoms with van der Waals surface area (Å²) in [6.45, 7) is 6.44. The number of hydrogen-bond acceptors (Lipinski definition) is 3. The van der Waals surface area contributed by atoms with Crippen molar-refractivity contribution in [2.45, 2.75) is 32.8 Å². The van der Waals surface area contributed by atoms with Gasteiger partial charge >= 0.3 is 0 Å². The lowest BCUT2D eigenvalue weighted by atomic mass is 10.2. The minimum atomic E-state index is -0.108. The first-order chi connectivity index (χ1) is 5.06. The Balaban J connectivity index is 0. The lowest BCUT2D eigenvalue weighted by Crippen LogP contribution is -2.19. The molecule has 0 aliphatic rings. The second-order valence-electron chi connectivity index (χ2n) is 2.92. The van der Waals surface area contributed by atoms with Crippen molar-refractivity contribution in [3.63, 3.8) is 0 Å². The van der Waals surface area contributed by atoms with Crippen LogP contribution in [0, 0.1) is 0 Å². The van der Waals surface area contributed by atoms with Crippen molar-refractivity contribution in [2.24, 2.45) is 0 Å². The third-order valence-electron chi connectivity index (χ3n) is 0.771. The van der Waals surface area contributed by atoms with Gasteiger partial charge in [0.05, 0.1) is 12.2 Å². The van der Waals surface area contributed by atoms with Crippen molar-refractivity contribution in [1.29, 1.82) is 0 Å². The fourth-order valence-electron chi connectivity index (χ4n) is 0.413. The second kappa shape index (κ2) is 7.69. The number of aldehydes is 1. The van der Waals surface area contributed by atoms with Gasteiger partial charge in [0.1, 0.15) is 6.29 Å². The van der Waals surface area contributed by atoms with Gasteiger partial charge in [0.25, 0.3) is 0 Å². The number of hydrogen-bond donors (Lipinski definition) is 1. The van der Waals surface area contributed by atoms with E-state index in [1.165, 1.54) is 0 Å². The van der Waals surface area contributed by atoms with Gasteiger partial charge in [-0.15, -0.1) is 0 Å². The van der Waals surface area contributed by atoms with E-state index in [9.17, 15) is 4.79 Å². The molecule has 1 N–H and O–H groups in total. The first-order valence-corrected chi connectivity index (χ1v) is 3.58. The molecule has 0 unspecified atom stereocenters. The Bertz CT molecular complexity index is 83.8. The molecule has 0 aliphatic heterocycles. The third-order valence-corrected chi connectivity index (χ3v) is 0.771. The highest BCUT2D eigenvalue weighted by Gasteiger charge is 2.08. The third kappa shape index (κ3) is 17.7. The van der Waals surface area contributed by atoms with Gasteiger partial charge in [-0.3, -0.25) is 0 Å². The molecule has 0 rings (SSSR count). The van der Waals surface area contributed by atoms with Gasteiger partial charge in [-0.2, -0.15) is 0 Å². The zero-order valence-corrected chi connectivity index (χ0v) is 7.76. The quantitative estimate of drug-likeness (QED) is 0.497. The van der Waals surface area contributed by atoms with Crippen molar-refractivity contribution in [2.75, 3.05) is 13.7 Å². The summed E-state index contributed by atoms with van der Waals surface area (Å²) in [6, 6.07) is 0. The molecule has 0 saturated carbocycles. The van der Waals surface area contributed by atoms with Crippen molar-refractivity contribution in [3.05, 3.63) is 0 Å². The number of aliphatic hydroxyl groups excluding tert-OH is 1. The number of ether oxygens (including phenoxy) is 1. The van der Waals surface area contributed by atoms with Crippen molar-refractivity contribution in [1.82, 2.24) is 0 Å². The molecule has 0 saturated heterocycles. The van der Waals surface area contributed by atoms with Crippen LogP contribution in [0.1, 0.15) is 27.2 Å². The molecule has 0 fully saturated rings. The first kappa shape index (κ1) is 13.2. The molecule has 0 aromatic rings. The molecular weight excluding hydrogens is 144 g/mol. The lowest BCUT2D eigenvalue weighted by Gasteiger charge is -2.18. The number of carbonyl (C=O) groups excluding carboxylic acids is 1. The van der Waals surface area contributed by atoms with Gasteiger partial charge in [0.2, 0.25) is 0 Å². The smallest absolute Gasteiger partial charge is 0.122 e. The Hall–Kier alpha value is -0.410. The van der Waals surface area contributed by atoms with E-state index in [-0.39, 0.29) is 5.60 Å². The average Bonchev–Trinajstić information content (AvgIpc) is 1.90. The maximum Gasteiger partial charge on any atom is 0.122 e. The molecule has 11 heavy (non-hydrogen) atoms. The minimum absolute atomic E-state index is 0.108. The van der Waals surface area contributed by atoms with Gasteiger partial charge in [0.15, 0.2) is 0 Å². The fraction of sp³-hybridized carbons (Fsp3) is 0.875. The Morgan fingerprint density at radius 3 is 2.09 bits per heavy atom. The summed E-state index contributed by atoms with van der Waals surface area (Å²) in [4.78, 5) is 9.81. The molecule has 3 heteroatoms. The fourth-order valence-corrected chi connectivity index (χ4v) is 0.413. The Kier molecular flexibility index (Phi) is 9.23. The highest BCUT2D eigenvalue weighted by Crippen LogP contribution is 2.05. The molecule has 0 aromatic heterocycles. The van der Waals surface area contributed by atoms with Crippen molar-refractivity contribution >= 4 is 6.29 Å². The molecule has 0 aromatic carbocycles. The summed E-state index contributed by atoms with van der Waals surface area (Å²) in [6.07, 6.45) is 1.36. The Morgan fingerprint density at radius 1 is 1.36 bits per heavy atom. The van der Waals surface area contributed by atoms with Crippen molar-refractivity contribution in [3.8, 4) is 0 Å². The van der Waals surface area contributed by atoms with E-state index in [4.69, 9.17) is 9.84 Å². The van der Waals surface area contributed by atoms with E-state index in [0.29, 0.717) is 13.0 Å². The van der Waals surface area contributed by atoms with Crippen molar-refractivity contribution < 1.29 is 14.6 Å². The van der Waals surface area contributed by atoms with E-state index in [1.807, 2.05) is 20.8 Å². The van der Waals surface area contributed by atoms with Crippen LogP contribution in [0.2, 0.25) is 0 Å². The molecule has 68 valence electrons. The van der Waals surface area contributed by atoms with Gasteiger partial charge in [0, 0.05) is 13.5 Å². The molecule has 0 bridgehead atoms. The van der Waals surface area contributed by atoms with Gasteiger partial charge in [-0.1, -0.05) is 0 Å². The van der Waals surface area contributed by atoms with Crippen LogP contribution in [-0.2, 0) is 9.53 Å². The van der Waals surface area contributed by atoms with E-state index >= 15 is 0 Å². The summed E-state index contributed by atoms with van der Waals surface area (Å²) in [5, 5.41) is 7.00. The molecule has 3 nitrogen and oxygen atoms in total. The highest BCUT2D eigenvalue weighted by molar-refractivity contribution is 5.49. The van der Waals surface area contributed by atoms with Crippen LogP contribution < -0.4 is 0 Å². The summed E-state index contributed by atoms with van der Waals surface area (Å²) in [5.41, 5.74) is -0.108. The summed E-state index contributed by atoms with van der Waals surface area (Å²) < 4.78 is 5.24. The average molecular weight is 162 g/mol. The van der Waals surface area contributed by atoms with E-state index < -0.39 is 0 Å². The van der Waals surface area contributed by atoms with Crippen LogP contribution in [0.4, 0.5) is 0 Å². The first-order valence-electron chi connectivity index (χ1n) is 3.58. The summed E-state index contributed by atoms with van der Waals surface area (Å²) >= 11 is 0. The highest BCUT2D eigenvalue weighted by atomic mass is 16.5. The van der Waals surface area contributed by atoms with Gasteiger partial charge in [-0.25, -0.2) is 0 Å². The van der Waals surface area contributed by atoms with Crippen LogP contribution in [0.3, 0.4) is 0 Å². The summed E-state index contributed by atoms with van der Waals surface area (Å²) in [7, 11) is 1.00. The SMILES string of the molecule is CC(C)(C)OCCC=O.CO. The van der Waals surface area contributed by atoms with E-state index in [2.05, 4.69) is 0 Å². The number of aliphatic hydroxyl groups is 1. The van der Waals surface area contributed by atoms with E-state index in [0.717, 1.165) is 13.4 Å². The summed E-state index contributed by atoms with van der Waals surface area (Å²) in [5.74, 6) is 0. The Morgan fingerprint density at radius 2 is 1.82 bits per heavy atom. The molecule has 0 aliphatic carbocycles. The van der Waals surface area contributed by atoms with E-state index in [1.54, 1.807) is 0 Å². The zero-order valence-electron chi connectivity index (χ0n) is 7.76. The molecule has 0 amide bonds. The van der Waals surface area contributed by atoms with Crippen LogP contribution in [0.15, 0.2) is 0 Å². The Labute approximate surface area is 68.4 Å².